The van der Waals surface area contributed by atoms with Crippen molar-refractivity contribution < 1.29 is 4.79 Å². The number of rotatable bonds is 7. The smallest absolute Gasteiger partial charge is 0.319 e. The highest BCUT2D eigenvalue weighted by Crippen LogP contribution is 2.15. The highest BCUT2D eigenvalue weighted by atomic mass is 35.5. The van der Waals surface area contributed by atoms with E-state index in [1.54, 1.807) is 12.1 Å². The molecule has 0 aliphatic carbocycles. The second-order valence-corrected chi connectivity index (χ2v) is 5.20. The first-order valence-corrected chi connectivity index (χ1v) is 7.33. The number of hydrogen-bond donors (Lipinski definition) is 2. The maximum absolute atomic E-state index is 11.8. The van der Waals surface area contributed by atoms with E-state index < -0.39 is 0 Å². The number of carbonyl (C=O) groups excluding carboxylic acids is 1. The first-order valence-electron chi connectivity index (χ1n) is 6.96. The molecule has 3 nitrogen and oxygen atoms in total. The van der Waals surface area contributed by atoms with Crippen LogP contribution in [0, 0.1) is 5.92 Å². The molecule has 1 atom stereocenters. The van der Waals surface area contributed by atoms with E-state index in [2.05, 4.69) is 24.5 Å². The number of amides is 2. The van der Waals surface area contributed by atoms with E-state index in [1.165, 1.54) is 19.3 Å². The minimum Gasteiger partial charge on any atom is -0.338 e. The summed E-state index contributed by atoms with van der Waals surface area (Å²) >= 11 is 5.86. The lowest BCUT2D eigenvalue weighted by atomic mass is 9.99. The summed E-state index contributed by atoms with van der Waals surface area (Å²) in [6, 6.07) is 6.98. The lowest BCUT2D eigenvalue weighted by Crippen LogP contribution is -2.33. The number of nitrogens with one attached hydrogen (secondary N) is 2. The molecule has 0 heterocycles. The summed E-state index contributed by atoms with van der Waals surface area (Å²) in [5, 5.41) is 6.32. The van der Waals surface area contributed by atoms with E-state index in [-0.39, 0.29) is 6.03 Å². The van der Waals surface area contributed by atoms with Crippen LogP contribution >= 0.6 is 11.6 Å². The van der Waals surface area contributed by atoms with E-state index in [0.29, 0.717) is 16.6 Å². The van der Waals surface area contributed by atoms with Crippen molar-refractivity contribution >= 4 is 23.3 Å². The minimum atomic E-state index is -0.169. The van der Waals surface area contributed by atoms with Gasteiger partial charge in [0.25, 0.3) is 0 Å². The second-order valence-electron chi connectivity index (χ2n) is 4.76. The average molecular weight is 283 g/mol. The summed E-state index contributed by atoms with van der Waals surface area (Å²) in [6.45, 7) is 5.08. The van der Waals surface area contributed by atoms with Gasteiger partial charge in [0.2, 0.25) is 0 Å². The van der Waals surface area contributed by atoms with Gasteiger partial charge in [-0.3, -0.25) is 0 Å². The zero-order valence-corrected chi connectivity index (χ0v) is 12.5. The normalized spacial score (nSPS) is 11.9. The third-order valence-electron chi connectivity index (χ3n) is 3.18. The lowest BCUT2D eigenvalue weighted by Gasteiger charge is -2.15. The van der Waals surface area contributed by atoms with Crippen molar-refractivity contribution in [2.24, 2.45) is 5.92 Å². The Kier molecular flexibility index (Phi) is 7.34. The summed E-state index contributed by atoms with van der Waals surface area (Å²) in [7, 11) is 0. The number of hydrogen-bond acceptors (Lipinski definition) is 1. The largest absolute Gasteiger partial charge is 0.338 e. The van der Waals surface area contributed by atoms with Crippen molar-refractivity contribution in [3.63, 3.8) is 0 Å². The van der Waals surface area contributed by atoms with Gasteiger partial charge in [-0.2, -0.15) is 0 Å². The molecule has 0 saturated carbocycles. The number of carbonyl (C=O) groups is 1. The average Bonchev–Trinajstić information content (AvgIpc) is 2.39. The standard InChI is InChI=1S/C15H23ClN2O/c1-3-5-7-12(4-2)11-17-15(19)18-14-9-6-8-13(16)10-14/h6,8-10,12H,3-5,7,11H2,1-2H3,(H2,17,18,19)/t12-/m1/s1. The maximum Gasteiger partial charge on any atom is 0.319 e. The van der Waals surface area contributed by atoms with Crippen LogP contribution in [0.15, 0.2) is 24.3 Å². The fourth-order valence-electron chi connectivity index (χ4n) is 1.92. The summed E-state index contributed by atoms with van der Waals surface area (Å²) < 4.78 is 0. The Bertz CT molecular complexity index is 395. The van der Waals surface area contributed by atoms with Gasteiger partial charge in [0.05, 0.1) is 0 Å². The van der Waals surface area contributed by atoms with Gasteiger partial charge in [-0.25, -0.2) is 4.79 Å². The van der Waals surface area contributed by atoms with E-state index in [9.17, 15) is 4.79 Å². The maximum atomic E-state index is 11.8. The molecule has 1 aromatic carbocycles. The molecule has 0 fully saturated rings. The van der Waals surface area contributed by atoms with Crippen LogP contribution in [0.3, 0.4) is 0 Å². The minimum absolute atomic E-state index is 0.169. The molecule has 0 radical (unpaired) electrons. The van der Waals surface area contributed by atoms with Gasteiger partial charge in [0.1, 0.15) is 0 Å². The van der Waals surface area contributed by atoms with E-state index in [4.69, 9.17) is 11.6 Å². The highest BCUT2D eigenvalue weighted by molar-refractivity contribution is 6.30. The van der Waals surface area contributed by atoms with Crippen LogP contribution in [0.4, 0.5) is 10.5 Å². The molecule has 4 heteroatoms. The van der Waals surface area contributed by atoms with Gasteiger partial charge < -0.3 is 10.6 Å². The van der Waals surface area contributed by atoms with Gasteiger partial charge in [-0.1, -0.05) is 50.8 Å². The molecule has 0 bridgehead atoms. The molecule has 19 heavy (non-hydrogen) atoms. The van der Waals surface area contributed by atoms with Crippen LogP contribution in [-0.2, 0) is 0 Å². The molecule has 0 aromatic heterocycles. The van der Waals surface area contributed by atoms with Crippen molar-refractivity contribution in [3.05, 3.63) is 29.3 Å². The fourth-order valence-corrected chi connectivity index (χ4v) is 2.11. The zero-order chi connectivity index (χ0) is 14.1. The summed E-state index contributed by atoms with van der Waals surface area (Å²) in [5.74, 6) is 0.560. The Morgan fingerprint density at radius 3 is 2.79 bits per heavy atom. The van der Waals surface area contributed by atoms with Crippen LogP contribution in [0.1, 0.15) is 39.5 Å². The first kappa shape index (κ1) is 15.8. The predicted octanol–water partition coefficient (Wildman–Crippen LogP) is 4.68. The van der Waals surface area contributed by atoms with Crippen LogP contribution in [-0.4, -0.2) is 12.6 Å². The van der Waals surface area contributed by atoms with Gasteiger partial charge in [-0.15, -0.1) is 0 Å². The van der Waals surface area contributed by atoms with Crippen molar-refractivity contribution in [1.29, 1.82) is 0 Å². The second kappa shape index (κ2) is 8.81. The van der Waals surface area contributed by atoms with Gasteiger partial charge in [0.15, 0.2) is 0 Å². The van der Waals surface area contributed by atoms with Crippen molar-refractivity contribution in [3.8, 4) is 0 Å². The quantitative estimate of drug-likeness (QED) is 0.749. The monoisotopic (exact) mass is 282 g/mol. The Balaban J connectivity index is 2.34. The topological polar surface area (TPSA) is 41.1 Å². The van der Waals surface area contributed by atoms with Crippen molar-refractivity contribution in [1.82, 2.24) is 5.32 Å². The lowest BCUT2D eigenvalue weighted by molar-refractivity contribution is 0.249. The highest BCUT2D eigenvalue weighted by Gasteiger charge is 2.08. The predicted molar refractivity (Wildman–Crippen MR) is 81.8 cm³/mol. The molecular formula is C15H23ClN2O. The van der Waals surface area contributed by atoms with Gasteiger partial charge in [0, 0.05) is 17.3 Å². The van der Waals surface area contributed by atoms with E-state index in [0.717, 1.165) is 13.0 Å². The number of halogens is 1. The summed E-state index contributed by atoms with van der Waals surface area (Å²) in [4.78, 5) is 11.8. The molecular weight excluding hydrogens is 260 g/mol. The molecule has 1 rings (SSSR count). The first-order chi connectivity index (χ1) is 9.15. The molecule has 106 valence electrons. The van der Waals surface area contributed by atoms with Crippen molar-refractivity contribution in [2.45, 2.75) is 39.5 Å². The molecule has 2 N–H and O–H groups in total. The molecule has 0 spiro atoms. The number of anilines is 1. The van der Waals surface area contributed by atoms with Crippen LogP contribution in [0.5, 0.6) is 0 Å². The molecule has 2 amide bonds. The van der Waals surface area contributed by atoms with Crippen LogP contribution in [0.25, 0.3) is 0 Å². The Hall–Kier alpha value is -1.22. The van der Waals surface area contributed by atoms with Crippen LogP contribution in [0.2, 0.25) is 5.02 Å². The van der Waals surface area contributed by atoms with Gasteiger partial charge >= 0.3 is 6.03 Å². The Labute approximate surface area is 120 Å². The number of urea groups is 1. The molecule has 0 unspecified atom stereocenters. The Morgan fingerprint density at radius 1 is 1.37 bits per heavy atom. The molecule has 0 saturated heterocycles. The number of benzene rings is 1. The zero-order valence-electron chi connectivity index (χ0n) is 11.7. The van der Waals surface area contributed by atoms with E-state index in [1.807, 2.05) is 12.1 Å². The van der Waals surface area contributed by atoms with Gasteiger partial charge in [-0.05, 0) is 30.5 Å². The molecule has 0 aliphatic rings. The van der Waals surface area contributed by atoms with Crippen molar-refractivity contribution in [2.75, 3.05) is 11.9 Å². The third-order valence-corrected chi connectivity index (χ3v) is 3.41. The number of unbranched alkanes of at least 4 members (excludes halogenated alkanes) is 1. The Morgan fingerprint density at radius 2 is 2.16 bits per heavy atom. The molecule has 0 aliphatic heterocycles. The SMILES string of the molecule is CCCC[C@@H](CC)CNC(=O)Nc1cccc(Cl)c1. The third kappa shape index (κ3) is 6.48. The summed E-state index contributed by atoms with van der Waals surface area (Å²) in [5.41, 5.74) is 0.714. The fraction of sp³-hybridized carbons (Fsp3) is 0.533. The van der Waals surface area contributed by atoms with Crippen LogP contribution < -0.4 is 10.6 Å². The van der Waals surface area contributed by atoms with E-state index >= 15 is 0 Å². The molecule has 1 aromatic rings. The summed E-state index contributed by atoms with van der Waals surface area (Å²) in [6.07, 6.45) is 4.68.